The number of hydrazone groups is 1. The van der Waals surface area contributed by atoms with Crippen LogP contribution in [-0.4, -0.2) is 54.6 Å². The van der Waals surface area contributed by atoms with E-state index in [1.807, 2.05) is 31.4 Å². The van der Waals surface area contributed by atoms with Gasteiger partial charge in [-0.05, 0) is 68.6 Å². The number of fused-ring (bicyclic) bond motifs is 1. The molecule has 3 aliphatic rings. The molecule has 1 N–H and O–H groups in total. The molecule has 1 saturated heterocycles. The fourth-order valence-electron chi connectivity index (χ4n) is 4.43. The van der Waals surface area contributed by atoms with Crippen LogP contribution in [0.15, 0.2) is 39.9 Å². The predicted molar refractivity (Wildman–Crippen MR) is 132 cm³/mol. The molecule has 0 bridgehead atoms. The molecule has 11 heteroatoms. The number of aryl methyl sites for hydroxylation is 2. The van der Waals surface area contributed by atoms with E-state index >= 15 is 0 Å². The maximum absolute atomic E-state index is 12.8. The average molecular weight is 478 g/mol. The summed E-state index contributed by atoms with van der Waals surface area (Å²) in [6.45, 7) is 7.52. The van der Waals surface area contributed by atoms with Gasteiger partial charge >= 0.3 is 0 Å². The Bertz CT molecular complexity index is 1350. The predicted octanol–water partition coefficient (Wildman–Crippen LogP) is 3.98. The van der Waals surface area contributed by atoms with Crippen LogP contribution in [-0.2, 0) is 4.79 Å². The number of amides is 1. The van der Waals surface area contributed by atoms with Gasteiger partial charge in [-0.15, -0.1) is 5.10 Å². The van der Waals surface area contributed by atoms with Gasteiger partial charge in [0.1, 0.15) is 0 Å². The molecule has 1 aromatic carbocycles. The largest absolute Gasteiger partial charge is 0.349 e. The molecule has 1 aromatic heterocycles. The monoisotopic (exact) mass is 477 g/mol. The molecule has 0 aliphatic carbocycles. The minimum absolute atomic E-state index is 0.00645. The van der Waals surface area contributed by atoms with Gasteiger partial charge in [-0.1, -0.05) is 6.07 Å². The Hall–Kier alpha value is -3.73. The summed E-state index contributed by atoms with van der Waals surface area (Å²) >= 11 is 1.32. The van der Waals surface area contributed by atoms with E-state index in [2.05, 4.69) is 15.0 Å². The van der Waals surface area contributed by atoms with E-state index in [4.69, 9.17) is 5.41 Å². The summed E-state index contributed by atoms with van der Waals surface area (Å²) < 4.78 is 1.93. The van der Waals surface area contributed by atoms with Crippen LogP contribution in [0.25, 0.3) is 11.8 Å². The Kier molecular flexibility index (Phi) is 5.35. The van der Waals surface area contributed by atoms with Gasteiger partial charge in [0, 0.05) is 36.6 Å². The summed E-state index contributed by atoms with van der Waals surface area (Å²) in [5.74, 6) is -0.481. The molecule has 5 rings (SSSR count). The highest BCUT2D eigenvalue weighted by Gasteiger charge is 2.37. The van der Waals surface area contributed by atoms with E-state index in [1.54, 1.807) is 18.2 Å². The number of thioether (sulfide) groups is 1. The Morgan fingerprint density at radius 1 is 1.15 bits per heavy atom. The van der Waals surface area contributed by atoms with Crippen molar-refractivity contribution < 1.29 is 9.72 Å². The van der Waals surface area contributed by atoms with E-state index < -0.39 is 10.8 Å². The van der Waals surface area contributed by atoms with Gasteiger partial charge in [0.15, 0.2) is 11.0 Å². The van der Waals surface area contributed by atoms with Crippen molar-refractivity contribution in [1.82, 2.24) is 14.5 Å². The number of rotatable bonds is 3. The molecule has 4 heterocycles. The van der Waals surface area contributed by atoms with Gasteiger partial charge in [0.25, 0.3) is 11.6 Å². The first-order valence-electron chi connectivity index (χ1n) is 10.9. The molecule has 1 amide bonds. The molecular formula is C23H23N7O3S. The van der Waals surface area contributed by atoms with Crippen molar-refractivity contribution in [2.45, 2.75) is 33.6 Å². The van der Waals surface area contributed by atoms with Gasteiger partial charge in [0.05, 0.1) is 16.2 Å². The van der Waals surface area contributed by atoms with Crippen molar-refractivity contribution in [1.29, 1.82) is 5.41 Å². The quantitative estimate of drug-likeness (QED) is 0.406. The lowest BCUT2D eigenvalue weighted by molar-refractivity contribution is -0.384. The summed E-state index contributed by atoms with van der Waals surface area (Å²) in [7, 11) is 0. The maximum atomic E-state index is 12.8. The number of aromatic nitrogens is 1. The van der Waals surface area contributed by atoms with Crippen LogP contribution in [0.5, 0.6) is 0 Å². The number of nitrogens with one attached hydrogen (secondary N) is 1. The van der Waals surface area contributed by atoms with Gasteiger partial charge in [-0.2, -0.15) is 10.0 Å². The summed E-state index contributed by atoms with van der Waals surface area (Å²) in [5, 5.41) is 27.1. The highest BCUT2D eigenvalue weighted by atomic mass is 32.2. The minimum atomic E-state index is -0.474. The first-order chi connectivity index (χ1) is 16.2. The second-order valence-electron chi connectivity index (χ2n) is 8.49. The van der Waals surface area contributed by atoms with Crippen LogP contribution < -0.4 is 0 Å². The number of nitro groups is 1. The number of non-ortho nitro benzene ring substituents is 1. The van der Waals surface area contributed by atoms with Crippen molar-refractivity contribution in [3.8, 4) is 5.69 Å². The molecule has 1 fully saturated rings. The molecule has 0 radical (unpaired) electrons. The van der Waals surface area contributed by atoms with Crippen LogP contribution in [0.1, 0.15) is 35.4 Å². The smallest absolute Gasteiger partial charge is 0.283 e. The number of aliphatic imine (C=N–C) groups is 1. The third kappa shape index (κ3) is 3.61. The first kappa shape index (κ1) is 22.1. The van der Waals surface area contributed by atoms with Crippen molar-refractivity contribution in [2.24, 2.45) is 10.1 Å². The lowest BCUT2D eigenvalue weighted by Gasteiger charge is -2.20. The maximum Gasteiger partial charge on any atom is 0.283 e. The number of benzene rings is 1. The molecule has 0 unspecified atom stereocenters. The summed E-state index contributed by atoms with van der Waals surface area (Å²) in [6, 6.07) is 6.66. The second kappa shape index (κ2) is 8.24. The van der Waals surface area contributed by atoms with Crippen molar-refractivity contribution in [3.63, 3.8) is 0 Å². The van der Waals surface area contributed by atoms with Crippen LogP contribution in [0.3, 0.4) is 0 Å². The number of hydrogen-bond acceptors (Lipinski definition) is 7. The van der Waals surface area contributed by atoms with Crippen molar-refractivity contribution >= 4 is 45.6 Å². The standard InChI is InChI=1S/C23H23N7O3S/c1-13-6-7-17(30(32)33)12-19(13)28-14(2)10-16(15(28)3)11-18-20(24)29-22(25-21(18)31)34-23(26-29)27-8-4-5-9-27/h6-7,10-12,24H,4-5,8-9H2,1-3H3/b18-11-,24-20?. The van der Waals surface area contributed by atoms with E-state index in [0.29, 0.717) is 10.9 Å². The zero-order chi connectivity index (χ0) is 24.1. The topological polar surface area (TPSA) is 120 Å². The van der Waals surface area contributed by atoms with Gasteiger partial charge in [-0.25, -0.2) is 0 Å². The number of likely N-dealkylation sites (tertiary alicyclic amines) is 1. The van der Waals surface area contributed by atoms with Crippen LogP contribution in [0.4, 0.5) is 5.69 Å². The average Bonchev–Trinajstić information content (AvgIpc) is 3.51. The van der Waals surface area contributed by atoms with Gasteiger partial charge in [-0.3, -0.25) is 20.3 Å². The normalized spacial score (nSPS) is 19.1. The SMILES string of the molecule is Cc1ccc([N+](=O)[O-])cc1-n1c(C)cc(/C=C2/C(=N)N3N=C(N4CCCC4)SC3=NC2=O)c1C. The minimum Gasteiger partial charge on any atom is -0.349 e. The van der Waals surface area contributed by atoms with E-state index in [0.717, 1.165) is 53.6 Å². The lowest BCUT2D eigenvalue weighted by atomic mass is 10.1. The molecule has 0 atom stereocenters. The third-order valence-electron chi connectivity index (χ3n) is 6.23. The fourth-order valence-corrected chi connectivity index (χ4v) is 5.38. The molecule has 3 aliphatic heterocycles. The molecule has 0 saturated carbocycles. The zero-order valence-electron chi connectivity index (χ0n) is 19.0. The van der Waals surface area contributed by atoms with Crippen molar-refractivity contribution in [3.05, 3.63) is 62.5 Å². The number of carbonyl (C=O) groups is 1. The van der Waals surface area contributed by atoms with E-state index in [9.17, 15) is 14.9 Å². The molecule has 34 heavy (non-hydrogen) atoms. The number of amidine groups is 3. The lowest BCUT2D eigenvalue weighted by Crippen LogP contribution is -2.35. The molecular weight excluding hydrogens is 454 g/mol. The van der Waals surface area contributed by atoms with Gasteiger partial charge < -0.3 is 9.47 Å². The Morgan fingerprint density at radius 2 is 1.88 bits per heavy atom. The third-order valence-corrected chi connectivity index (χ3v) is 7.20. The first-order valence-corrected chi connectivity index (χ1v) is 11.8. The van der Waals surface area contributed by atoms with Crippen molar-refractivity contribution in [2.75, 3.05) is 13.1 Å². The van der Waals surface area contributed by atoms with Crippen LogP contribution in [0, 0.1) is 36.3 Å². The molecule has 174 valence electrons. The molecule has 0 spiro atoms. The Balaban J connectivity index is 1.52. The number of hydrogen-bond donors (Lipinski definition) is 1. The Morgan fingerprint density at radius 3 is 2.59 bits per heavy atom. The van der Waals surface area contributed by atoms with Gasteiger partial charge in [0.2, 0.25) is 5.17 Å². The van der Waals surface area contributed by atoms with E-state index in [-0.39, 0.29) is 17.1 Å². The number of carbonyl (C=O) groups excluding carboxylic acids is 1. The van der Waals surface area contributed by atoms with Crippen LogP contribution in [0.2, 0.25) is 0 Å². The Labute approximate surface area is 200 Å². The summed E-state index contributed by atoms with van der Waals surface area (Å²) in [4.78, 5) is 30.1. The fraction of sp³-hybridized carbons (Fsp3) is 0.304. The number of nitro benzene ring substituents is 1. The summed E-state index contributed by atoms with van der Waals surface area (Å²) in [5.41, 5.74) is 4.17. The molecule has 10 nitrogen and oxygen atoms in total. The number of nitrogens with zero attached hydrogens (tertiary/aromatic N) is 6. The van der Waals surface area contributed by atoms with Crippen LogP contribution >= 0.6 is 11.8 Å². The second-order valence-corrected chi connectivity index (χ2v) is 9.42. The zero-order valence-corrected chi connectivity index (χ0v) is 19.8. The summed E-state index contributed by atoms with van der Waals surface area (Å²) in [6.07, 6.45) is 3.87. The highest BCUT2D eigenvalue weighted by molar-refractivity contribution is 8.26. The highest BCUT2D eigenvalue weighted by Crippen LogP contribution is 2.32. The molecule has 2 aromatic rings. The van der Waals surface area contributed by atoms with E-state index in [1.165, 1.54) is 22.8 Å².